The van der Waals surface area contributed by atoms with Crippen LogP contribution in [0.5, 0.6) is 0 Å². The lowest BCUT2D eigenvalue weighted by Crippen LogP contribution is -2.37. The molecule has 13 heavy (non-hydrogen) atoms. The molecule has 0 aromatic carbocycles. The Bertz CT molecular complexity index is 219. The summed E-state index contributed by atoms with van der Waals surface area (Å²) in [7, 11) is 1.86. The fraction of sp³-hybridized carbons (Fsp3) is 0.889. The molecule has 0 spiro atoms. The second-order valence-electron chi connectivity index (χ2n) is 4.12. The van der Waals surface area contributed by atoms with Crippen molar-refractivity contribution in [1.29, 1.82) is 0 Å². The van der Waals surface area contributed by atoms with Crippen molar-refractivity contribution >= 4 is 6.03 Å². The van der Waals surface area contributed by atoms with E-state index in [9.17, 15) is 4.79 Å². The SMILES string of the molecule is CN1CCN(C2CCC(N)C2)C1=O. The van der Waals surface area contributed by atoms with Gasteiger partial charge in [0.1, 0.15) is 0 Å². The first kappa shape index (κ1) is 8.81. The van der Waals surface area contributed by atoms with Gasteiger partial charge in [-0.25, -0.2) is 4.79 Å². The van der Waals surface area contributed by atoms with Crippen molar-refractivity contribution < 1.29 is 4.79 Å². The second-order valence-corrected chi connectivity index (χ2v) is 4.12. The quantitative estimate of drug-likeness (QED) is 0.633. The van der Waals surface area contributed by atoms with Gasteiger partial charge in [0.25, 0.3) is 0 Å². The second kappa shape index (κ2) is 3.18. The highest BCUT2D eigenvalue weighted by molar-refractivity contribution is 5.76. The lowest BCUT2D eigenvalue weighted by Gasteiger charge is -2.23. The van der Waals surface area contributed by atoms with E-state index in [4.69, 9.17) is 5.73 Å². The normalized spacial score (nSPS) is 34.8. The van der Waals surface area contributed by atoms with E-state index in [0.29, 0.717) is 12.1 Å². The van der Waals surface area contributed by atoms with Crippen LogP contribution in [0.3, 0.4) is 0 Å². The zero-order chi connectivity index (χ0) is 9.42. The smallest absolute Gasteiger partial charge is 0.320 e. The van der Waals surface area contributed by atoms with Crippen LogP contribution in [-0.2, 0) is 0 Å². The molecule has 1 saturated carbocycles. The Balaban J connectivity index is 1.98. The van der Waals surface area contributed by atoms with Crippen molar-refractivity contribution in [3.63, 3.8) is 0 Å². The lowest BCUT2D eigenvalue weighted by atomic mass is 10.2. The summed E-state index contributed by atoms with van der Waals surface area (Å²) in [6.07, 6.45) is 3.14. The Morgan fingerprint density at radius 1 is 1.38 bits per heavy atom. The van der Waals surface area contributed by atoms with Crippen LogP contribution in [0.15, 0.2) is 0 Å². The van der Waals surface area contributed by atoms with Gasteiger partial charge >= 0.3 is 6.03 Å². The largest absolute Gasteiger partial charge is 0.328 e. The summed E-state index contributed by atoms with van der Waals surface area (Å²) in [5, 5.41) is 0. The Kier molecular flexibility index (Phi) is 2.15. The van der Waals surface area contributed by atoms with Crippen molar-refractivity contribution in [1.82, 2.24) is 9.80 Å². The van der Waals surface area contributed by atoms with Gasteiger partial charge in [0.05, 0.1) is 0 Å². The predicted molar refractivity (Wildman–Crippen MR) is 50.3 cm³/mol. The number of nitrogens with two attached hydrogens (primary N) is 1. The number of amides is 2. The molecule has 0 aromatic heterocycles. The van der Waals surface area contributed by atoms with Crippen LogP contribution in [0.4, 0.5) is 4.79 Å². The maximum absolute atomic E-state index is 11.6. The number of hydrogen-bond acceptors (Lipinski definition) is 2. The number of likely N-dealkylation sites (N-methyl/N-ethyl adjacent to an activating group) is 1. The highest BCUT2D eigenvalue weighted by Crippen LogP contribution is 2.25. The summed E-state index contributed by atoms with van der Waals surface area (Å²) in [6, 6.07) is 0.898. The summed E-state index contributed by atoms with van der Waals surface area (Å²) in [6.45, 7) is 1.75. The van der Waals surface area contributed by atoms with E-state index in [1.165, 1.54) is 0 Å². The standard InChI is InChI=1S/C9H17N3O/c1-11-4-5-12(9(11)13)8-3-2-7(10)6-8/h7-8H,2-6,10H2,1H3. The predicted octanol–water partition coefficient (Wildman–Crippen LogP) is 0.234. The number of urea groups is 1. The molecule has 0 aromatic rings. The van der Waals surface area contributed by atoms with Crippen LogP contribution in [0.2, 0.25) is 0 Å². The zero-order valence-corrected chi connectivity index (χ0v) is 8.07. The Hall–Kier alpha value is -0.770. The molecule has 0 bridgehead atoms. The van der Waals surface area contributed by atoms with Crippen molar-refractivity contribution in [3.05, 3.63) is 0 Å². The van der Waals surface area contributed by atoms with Gasteiger partial charge < -0.3 is 15.5 Å². The molecule has 2 fully saturated rings. The molecule has 1 saturated heterocycles. The van der Waals surface area contributed by atoms with Crippen LogP contribution in [0, 0.1) is 0 Å². The van der Waals surface area contributed by atoms with E-state index in [-0.39, 0.29) is 6.03 Å². The summed E-state index contributed by atoms with van der Waals surface area (Å²) in [4.78, 5) is 15.4. The van der Waals surface area contributed by atoms with E-state index < -0.39 is 0 Å². The topological polar surface area (TPSA) is 49.6 Å². The monoisotopic (exact) mass is 183 g/mol. The molecule has 1 aliphatic heterocycles. The Morgan fingerprint density at radius 3 is 2.62 bits per heavy atom. The number of rotatable bonds is 1. The molecule has 74 valence electrons. The first-order valence-corrected chi connectivity index (χ1v) is 4.96. The minimum Gasteiger partial charge on any atom is -0.328 e. The maximum atomic E-state index is 11.6. The molecule has 2 rings (SSSR count). The van der Waals surface area contributed by atoms with Crippen molar-refractivity contribution in [2.75, 3.05) is 20.1 Å². The van der Waals surface area contributed by atoms with Gasteiger partial charge in [-0.05, 0) is 19.3 Å². The average Bonchev–Trinajstić information content (AvgIpc) is 2.62. The van der Waals surface area contributed by atoms with Crippen molar-refractivity contribution in [3.8, 4) is 0 Å². The van der Waals surface area contributed by atoms with Gasteiger partial charge in [-0.1, -0.05) is 0 Å². The fourth-order valence-corrected chi connectivity index (χ4v) is 2.28. The summed E-state index contributed by atoms with van der Waals surface area (Å²) >= 11 is 0. The van der Waals surface area contributed by atoms with E-state index in [2.05, 4.69) is 0 Å². The van der Waals surface area contributed by atoms with Crippen LogP contribution < -0.4 is 5.73 Å². The molecule has 2 unspecified atom stereocenters. The third kappa shape index (κ3) is 1.50. The maximum Gasteiger partial charge on any atom is 0.320 e. The Morgan fingerprint density at radius 2 is 2.15 bits per heavy atom. The fourth-order valence-electron chi connectivity index (χ4n) is 2.28. The number of hydrogen-bond donors (Lipinski definition) is 1. The molecule has 4 heteroatoms. The van der Waals surface area contributed by atoms with Crippen molar-refractivity contribution in [2.24, 2.45) is 5.73 Å². The first-order chi connectivity index (χ1) is 6.18. The van der Waals surface area contributed by atoms with Gasteiger partial charge in [-0.2, -0.15) is 0 Å². The van der Waals surface area contributed by atoms with Gasteiger partial charge in [-0.3, -0.25) is 0 Å². The summed E-state index contributed by atoms with van der Waals surface area (Å²) < 4.78 is 0. The molecule has 1 aliphatic carbocycles. The lowest BCUT2D eigenvalue weighted by molar-refractivity contribution is 0.182. The number of nitrogens with zero attached hydrogens (tertiary/aromatic N) is 2. The zero-order valence-electron chi connectivity index (χ0n) is 8.07. The molecular formula is C9H17N3O. The minimum atomic E-state index is 0.180. The van der Waals surface area contributed by atoms with E-state index in [1.54, 1.807) is 4.90 Å². The number of carbonyl (C=O) groups excluding carboxylic acids is 1. The molecule has 4 nitrogen and oxygen atoms in total. The minimum absolute atomic E-state index is 0.180. The highest BCUT2D eigenvalue weighted by atomic mass is 16.2. The molecule has 2 atom stereocenters. The first-order valence-electron chi connectivity index (χ1n) is 4.96. The van der Waals surface area contributed by atoms with Crippen LogP contribution in [0.25, 0.3) is 0 Å². The molecule has 2 N–H and O–H groups in total. The average molecular weight is 183 g/mol. The molecule has 2 aliphatic rings. The molecule has 1 heterocycles. The van der Waals surface area contributed by atoms with Crippen LogP contribution >= 0.6 is 0 Å². The van der Waals surface area contributed by atoms with Crippen molar-refractivity contribution in [2.45, 2.75) is 31.3 Å². The van der Waals surface area contributed by atoms with Gasteiger partial charge in [0, 0.05) is 32.2 Å². The summed E-state index contributed by atoms with van der Waals surface area (Å²) in [5.74, 6) is 0. The highest BCUT2D eigenvalue weighted by Gasteiger charge is 2.35. The van der Waals surface area contributed by atoms with Gasteiger partial charge in [0.2, 0.25) is 0 Å². The number of carbonyl (C=O) groups is 1. The van der Waals surface area contributed by atoms with E-state index in [0.717, 1.165) is 32.4 Å². The third-order valence-corrected chi connectivity index (χ3v) is 3.13. The summed E-state index contributed by atoms with van der Waals surface area (Å²) in [5.41, 5.74) is 5.82. The molecule has 2 amide bonds. The van der Waals surface area contributed by atoms with Crippen LogP contribution in [-0.4, -0.2) is 48.1 Å². The van der Waals surface area contributed by atoms with Crippen LogP contribution in [0.1, 0.15) is 19.3 Å². The van der Waals surface area contributed by atoms with E-state index >= 15 is 0 Å². The van der Waals surface area contributed by atoms with Gasteiger partial charge in [0.15, 0.2) is 0 Å². The Labute approximate surface area is 78.7 Å². The molecule has 0 radical (unpaired) electrons. The van der Waals surface area contributed by atoms with Gasteiger partial charge in [-0.15, -0.1) is 0 Å². The molecular weight excluding hydrogens is 166 g/mol. The third-order valence-electron chi connectivity index (χ3n) is 3.13. The van der Waals surface area contributed by atoms with E-state index in [1.807, 2.05) is 11.9 Å².